The molecule has 0 aromatic carbocycles. The molecule has 1 heterocycles. The predicted molar refractivity (Wildman–Crippen MR) is 63.3 cm³/mol. The third kappa shape index (κ3) is 1.59. The molecule has 0 saturated carbocycles. The molecule has 2 aliphatic rings. The molecular formula is C11H18N2S. The van der Waals surface area contributed by atoms with Crippen molar-refractivity contribution in [3.05, 3.63) is 11.3 Å². The smallest absolute Gasteiger partial charge is 0.0678 e. The van der Waals surface area contributed by atoms with Gasteiger partial charge in [-0.2, -0.15) is 0 Å². The van der Waals surface area contributed by atoms with E-state index >= 15 is 0 Å². The van der Waals surface area contributed by atoms with Gasteiger partial charge in [-0.25, -0.2) is 0 Å². The van der Waals surface area contributed by atoms with Crippen molar-refractivity contribution in [3.63, 3.8) is 0 Å². The summed E-state index contributed by atoms with van der Waals surface area (Å²) >= 11 is 5.54. The van der Waals surface area contributed by atoms with E-state index in [4.69, 9.17) is 12.2 Å². The van der Waals surface area contributed by atoms with Crippen LogP contribution < -0.4 is 5.32 Å². The van der Waals surface area contributed by atoms with E-state index < -0.39 is 0 Å². The zero-order valence-corrected chi connectivity index (χ0v) is 10.0. The van der Waals surface area contributed by atoms with E-state index in [2.05, 4.69) is 31.1 Å². The summed E-state index contributed by atoms with van der Waals surface area (Å²) in [6.07, 6.45) is 2.39. The Bertz CT molecular complexity index is 304. The summed E-state index contributed by atoms with van der Waals surface area (Å²) in [7, 11) is 2.14. The maximum atomic E-state index is 5.54. The fourth-order valence-electron chi connectivity index (χ4n) is 2.16. The Balaban J connectivity index is 2.30. The van der Waals surface area contributed by atoms with Crippen LogP contribution in [0.5, 0.6) is 0 Å². The number of likely N-dealkylation sites (N-methyl/N-ethyl adjacent to an activating group) is 1. The van der Waals surface area contributed by atoms with E-state index in [-0.39, 0.29) is 5.41 Å². The molecule has 0 saturated heterocycles. The van der Waals surface area contributed by atoms with E-state index in [0.717, 1.165) is 18.1 Å². The van der Waals surface area contributed by atoms with Gasteiger partial charge in [0.05, 0.1) is 12.4 Å². The predicted octanol–water partition coefficient (Wildman–Crippen LogP) is 1.92. The van der Waals surface area contributed by atoms with Crippen molar-refractivity contribution in [3.8, 4) is 0 Å². The summed E-state index contributed by atoms with van der Waals surface area (Å²) in [6.45, 7) is 6.51. The highest BCUT2D eigenvalue weighted by Crippen LogP contribution is 2.36. The molecule has 0 unspecified atom stereocenters. The van der Waals surface area contributed by atoms with Crippen molar-refractivity contribution in [2.75, 3.05) is 20.3 Å². The summed E-state index contributed by atoms with van der Waals surface area (Å²) in [5.74, 6) is 0. The number of hydrogen-bond acceptors (Lipinski definition) is 3. The average Bonchev–Trinajstić information content (AvgIpc) is 2.12. The maximum absolute atomic E-state index is 5.54. The van der Waals surface area contributed by atoms with Gasteiger partial charge in [0.25, 0.3) is 0 Å². The van der Waals surface area contributed by atoms with Crippen molar-refractivity contribution in [1.29, 1.82) is 0 Å². The minimum Gasteiger partial charge on any atom is -0.371 e. The van der Waals surface area contributed by atoms with Gasteiger partial charge in [-0.05, 0) is 25.5 Å². The van der Waals surface area contributed by atoms with Crippen LogP contribution in [0.4, 0.5) is 0 Å². The van der Waals surface area contributed by atoms with Crippen molar-refractivity contribution in [2.24, 2.45) is 5.41 Å². The number of hydrogen-bond donors (Lipinski definition) is 1. The molecule has 2 rings (SSSR count). The molecule has 78 valence electrons. The van der Waals surface area contributed by atoms with Crippen molar-refractivity contribution < 1.29 is 0 Å². The first-order valence-electron chi connectivity index (χ1n) is 5.20. The Morgan fingerprint density at radius 1 is 1.43 bits per heavy atom. The third-order valence-corrected chi connectivity index (χ3v) is 3.99. The largest absolute Gasteiger partial charge is 0.371 e. The molecule has 1 aliphatic carbocycles. The topological polar surface area (TPSA) is 15.3 Å². The molecular weight excluding hydrogens is 192 g/mol. The normalized spacial score (nSPS) is 27.2. The Morgan fingerprint density at radius 3 is 2.86 bits per heavy atom. The Morgan fingerprint density at radius 2 is 2.14 bits per heavy atom. The van der Waals surface area contributed by atoms with Crippen LogP contribution in [0.25, 0.3) is 0 Å². The van der Waals surface area contributed by atoms with Gasteiger partial charge in [0.1, 0.15) is 0 Å². The lowest BCUT2D eigenvalue weighted by Crippen LogP contribution is -2.45. The lowest BCUT2D eigenvalue weighted by Gasteiger charge is -2.39. The summed E-state index contributed by atoms with van der Waals surface area (Å²) in [5.41, 5.74) is 2.98. The van der Waals surface area contributed by atoms with E-state index in [1.54, 1.807) is 0 Å². The summed E-state index contributed by atoms with van der Waals surface area (Å²) in [6, 6.07) is 0. The second kappa shape index (κ2) is 3.31. The van der Waals surface area contributed by atoms with Gasteiger partial charge >= 0.3 is 0 Å². The fraction of sp³-hybridized carbons (Fsp3) is 0.727. The first kappa shape index (κ1) is 10.1. The quantitative estimate of drug-likeness (QED) is 0.615. The molecule has 0 atom stereocenters. The number of thiocarbonyl (C=S) groups is 1. The Kier molecular flexibility index (Phi) is 2.40. The SMILES string of the molecule is CN1CNC2=C(CCC(C)(C)C2=S)C1. The lowest BCUT2D eigenvalue weighted by molar-refractivity contribution is 0.309. The molecule has 0 amide bonds. The van der Waals surface area contributed by atoms with Gasteiger partial charge in [0.2, 0.25) is 0 Å². The summed E-state index contributed by atoms with van der Waals surface area (Å²) in [4.78, 5) is 3.42. The third-order valence-electron chi connectivity index (χ3n) is 3.23. The van der Waals surface area contributed by atoms with Gasteiger partial charge in [0, 0.05) is 16.8 Å². The summed E-state index contributed by atoms with van der Waals surface area (Å²) < 4.78 is 0. The van der Waals surface area contributed by atoms with Crippen molar-refractivity contribution in [1.82, 2.24) is 10.2 Å². The van der Waals surface area contributed by atoms with Crippen LogP contribution in [0.2, 0.25) is 0 Å². The molecule has 0 aromatic heterocycles. The number of nitrogens with zero attached hydrogens (tertiary/aromatic N) is 1. The zero-order valence-electron chi connectivity index (χ0n) is 9.18. The summed E-state index contributed by atoms with van der Waals surface area (Å²) in [5, 5.41) is 3.44. The second-order valence-corrected chi connectivity index (χ2v) is 5.45. The molecule has 3 heteroatoms. The van der Waals surface area contributed by atoms with Gasteiger partial charge in [-0.1, -0.05) is 26.1 Å². The molecule has 1 aliphatic heterocycles. The van der Waals surface area contributed by atoms with E-state index in [9.17, 15) is 0 Å². The van der Waals surface area contributed by atoms with Crippen molar-refractivity contribution >= 4 is 17.1 Å². The van der Waals surface area contributed by atoms with E-state index in [1.165, 1.54) is 24.1 Å². The van der Waals surface area contributed by atoms with Gasteiger partial charge in [-0.3, -0.25) is 4.90 Å². The van der Waals surface area contributed by atoms with Gasteiger partial charge < -0.3 is 5.32 Å². The minimum atomic E-state index is 0.205. The molecule has 14 heavy (non-hydrogen) atoms. The Labute approximate surface area is 91.4 Å². The minimum absolute atomic E-state index is 0.205. The Hall–Kier alpha value is -0.410. The standard InChI is InChI=1S/C11H18N2S/c1-11(2)5-4-8-6-13(3)7-12-9(8)10(11)14/h12H,4-7H2,1-3H3. The first-order valence-corrected chi connectivity index (χ1v) is 5.61. The van der Waals surface area contributed by atoms with Gasteiger partial charge in [0.15, 0.2) is 0 Å². The van der Waals surface area contributed by atoms with Crippen molar-refractivity contribution in [2.45, 2.75) is 26.7 Å². The van der Waals surface area contributed by atoms with E-state index in [1.807, 2.05) is 0 Å². The van der Waals surface area contributed by atoms with Crippen LogP contribution in [0, 0.1) is 5.41 Å². The zero-order chi connectivity index (χ0) is 10.3. The first-order chi connectivity index (χ1) is 6.50. The second-order valence-electron chi connectivity index (χ2n) is 5.04. The van der Waals surface area contributed by atoms with Crippen LogP contribution in [0.1, 0.15) is 26.7 Å². The molecule has 0 spiro atoms. The lowest BCUT2D eigenvalue weighted by atomic mass is 9.76. The highest BCUT2D eigenvalue weighted by atomic mass is 32.1. The molecule has 0 aromatic rings. The number of rotatable bonds is 0. The molecule has 1 N–H and O–H groups in total. The molecule has 0 bridgehead atoms. The molecule has 0 radical (unpaired) electrons. The highest BCUT2D eigenvalue weighted by Gasteiger charge is 2.34. The van der Waals surface area contributed by atoms with Crippen LogP contribution in [0.3, 0.4) is 0 Å². The van der Waals surface area contributed by atoms with Crippen LogP contribution in [-0.2, 0) is 0 Å². The number of nitrogens with one attached hydrogen (secondary N) is 1. The van der Waals surface area contributed by atoms with Crippen LogP contribution in [0.15, 0.2) is 11.3 Å². The number of allylic oxidation sites excluding steroid dienone is 1. The fourth-order valence-corrected chi connectivity index (χ4v) is 2.48. The average molecular weight is 210 g/mol. The molecule has 2 nitrogen and oxygen atoms in total. The molecule has 0 fully saturated rings. The van der Waals surface area contributed by atoms with Crippen LogP contribution in [-0.4, -0.2) is 30.0 Å². The van der Waals surface area contributed by atoms with Gasteiger partial charge in [-0.15, -0.1) is 0 Å². The van der Waals surface area contributed by atoms with Crippen LogP contribution >= 0.6 is 12.2 Å². The van der Waals surface area contributed by atoms with E-state index in [0.29, 0.717) is 0 Å². The highest BCUT2D eigenvalue weighted by molar-refractivity contribution is 7.81. The maximum Gasteiger partial charge on any atom is 0.0678 e. The monoisotopic (exact) mass is 210 g/mol.